The van der Waals surface area contributed by atoms with E-state index in [0.717, 1.165) is 11.6 Å². The predicted octanol–water partition coefficient (Wildman–Crippen LogP) is 4.36. The number of nitro groups is 1. The molecule has 3 rings (SSSR count). The Hall–Kier alpha value is -4.34. The van der Waals surface area contributed by atoms with Gasteiger partial charge in [-0.2, -0.15) is 0 Å². The van der Waals surface area contributed by atoms with Crippen molar-refractivity contribution < 1.29 is 33.8 Å². The van der Waals surface area contributed by atoms with E-state index in [2.05, 4.69) is 0 Å². The normalized spacial score (nSPS) is 14.4. The van der Waals surface area contributed by atoms with Crippen molar-refractivity contribution in [2.75, 3.05) is 20.3 Å². The summed E-state index contributed by atoms with van der Waals surface area (Å²) in [6.07, 6.45) is 3.13. The first-order valence-electron chi connectivity index (χ1n) is 11.4. The molecule has 0 bridgehead atoms. The summed E-state index contributed by atoms with van der Waals surface area (Å²) in [6.45, 7) is 5.36. The monoisotopic (exact) mass is 496 g/mol. The third kappa shape index (κ3) is 5.32. The van der Waals surface area contributed by atoms with Crippen LogP contribution in [0.4, 0.5) is 5.69 Å². The number of hydrogen-bond donors (Lipinski definition) is 1. The van der Waals surface area contributed by atoms with E-state index in [4.69, 9.17) is 14.2 Å². The molecule has 2 aromatic rings. The molecule has 0 spiro atoms. The Labute approximate surface area is 208 Å². The summed E-state index contributed by atoms with van der Waals surface area (Å²) in [5.74, 6) is -3.30. The van der Waals surface area contributed by atoms with Gasteiger partial charge in [0.25, 0.3) is 0 Å². The van der Waals surface area contributed by atoms with Gasteiger partial charge in [-0.1, -0.05) is 30.3 Å². The number of benzene rings is 2. The summed E-state index contributed by atoms with van der Waals surface area (Å²) in [4.78, 5) is 38.8. The van der Waals surface area contributed by atoms with Crippen molar-refractivity contribution in [3.05, 3.63) is 87.3 Å². The van der Waals surface area contributed by atoms with Crippen LogP contribution in [0.25, 0.3) is 0 Å². The predicted molar refractivity (Wildman–Crippen MR) is 130 cm³/mol. The van der Waals surface area contributed by atoms with Crippen LogP contribution in [0.3, 0.4) is 0 Å². The number of aromatic hydroxyl groups is 1. The van der Waals surface area contributed by atoms with Gasteiger partial charge >= 0.3 is 17.6 Å². The van der Waals surface area contributed by atoms with Gasteiger partial charge in [-0.05, 0) is 38.0 Å². The van der Waals surface area contributed by atoms with E-state index in [0.29, 0.717) is 0 Å². The molecule has 0 aromatic heterocycles. The van der Waals surface area contributed by atoms with Crippen LogP contribution >= 0.6 is 0 Å². The van der Waals surface area contributed by atoms with Crippen molar-refractivity contribution in [3.63, 3.8) is 0 Å². The fourth-order valence-corrected chi connectivity index (χ4v) is 4.01. The highest BCUT2D eigenvalue weighted by Crippen LogP contribution is 2.45. The molecule has 1 unspecified atom stereocenters. The van der Waals surface area contributed by atoms with E-state index in [1.807, 2.05) is 37.3 Å². The van der Waals surface area contributed by atoms with Gasteiger partial charge in [0.2, 0.25) is 5.75 Å². The molecule has 0 radical (unpaired) electrons. The van der Waals surface area contributed by atoms with Crippen LogP contribution in [0.15, 0.2) is 66.0 Å². The average Bonchev–Trinajstić information content (AvgIpc) is 2.88. The van der Waals surface area contributed by atoms with Crippen molar-refractivity contribution >= 4 is 17.6 Å². The fourth-order valence-electron chi connectivity index (χ4n) is 4.01. The Balaban J connectivity index is 2.25. The fraction of sp³-hybridized carbons (Fsp3) is 0.308. The maximum atomic E-state index is 13.1. The number of ether oxygens (including phenoxy) is 3. The van der Waals surface area contributed by atoms with Crippen LogP contribution in [-0.2, 0) is 19.1 Å². The molecular weight excluding hydrogens is 468 g/mol. The number of nitro benzene ring substituents is 1. The molecule has 1 aliphatic rings. The maximum absolute atomic E-state index is 13.1. The molecule has 0 saturated heterocycles. The first kappa shape index (κ1) is 26.3. The van der Waals surface area contributed by atoms with E-state index >= 15 is 0 Å². The quantitative estimate of drug-likeness (QED) is 0.306. The summed E-state index contributed by atoms with van der Waals surface area (Å²) < 4.78 is 15.7. The van der Waals surface area contributed by atoms with Gasteiger partial charge in [-0.15, -0.1) is 0 Å². The number of carbonyl (C=O) groups excluding carboxylic acids is 2. The molecule has 10 heteroatoms. The molecule has 1 N–H and O–H groups in total. The first-order chi connectivity index (χ1) is 17.2. The van der Waals surface area contributed by atoms with Crippen molar-refractivity contribution in [3.8, 4) is 11.5 Å². The van der Waals surface area contributed by atoms with Crippen LogP contribution in [0.2, 0.25) is 0 Å². The van der Waals surface area contributed by atoms with Crippen LogP contribution in [-0.4, -0.2) is 47.2 Å². The van der Waals surface area contributed by atoms with E-state index in [9.17, 15) is 24.8 Å². The third-order valence-electron chi connectivity index (χ3n) is 5.78. The zero-order valence-electron chi connectivity index (χ0n) is 20.5. The maximum Gasteiger partial charge on any atom is 0.336 e. The molecule has 2 aromatic carbocycles. The van der Waals surface area contributed by atoms with Crippen LogP contribution in [0.5, 0.6) is 11.5 Å². The lowest BCUT2D eigenvalue weighted by atomic mass is 9.82. The number of carbonyl (C=O) groups is 2. The number of phenols is 1. The van der Waals surface area contributed by atoms with Crippen molar-refractivity contribution in [1.82, 2.24) is 4.90 Å². The number of methoxy groups -OCH3 is 1. The van der Waals surface area contributed by atoms with Crippen molar-refractivity contribution in [2.45, 2.75) is 32.7 Å². The van der Waals surface area contributed by atoms with Crippen molar-refractivity contribution in [1.29, 1.82) is 0 Å². The third-order valence-corrected chi connectivity index (χ3v) is 5.78. The molecule has 1 aliphatic heterocycles. The van der Waals surface area contributed by atoms with Gasteiger partial charge in [0.15, 0.2) is 5.75 Å². The number of rotatable bonds is 9. The lowest BCUT2D eigenvalue weighted by Gasteiger charge is -2.34. The van der Waals surface area contributed by atoms with Crippen molar-refractivity contribution in [2.24, 2.45) is 0 Å². The minimum absolute atomic E-state index is 0.0761. The van der Waals surface area contributed by atoms with Gasteiger partial charge in [0.1, 0.15) is 0 Å². The Kier molecular flexibility index (Phi) is 8.31. The Morgan fingerprint density at radius 3 is 2.08 bits per heavy atom. The van der Waals surface area contributed by atoms with Gasteiger partial charge in [0.05, 0.1) is 48.4 Å². The molecule has 0 saturated carbocycles. The molecule has 190 valence electrons. The highest BCUT2D eigenvalue weighted by Gasteiger charge is 2.38. The number of phenolic OH excluding ortho intramolecular Hbond substituents is 1. The smallest absolute Gasteiger partial charge is 0.336 e. The molecule has 1 atom stereocenters. The van der Waals surface area contributed by atoms with E-state index in [1.54, 1.807) is 31.1 Å². The molecule has 0 amide bonds. The summed E-state index contributed by atoms with van der Waals surface area (Å²) in [5, 5.41) is 21.9. The SMILES string of the molecule is CCOC(=O)C1=CN(C(C)c2ccccc2)C=C(C(=O)OCC)C1c1cc(OC)c(O)c([N+](=O)[O-])c1. The molecule has 1 heterocycles. The van der Waals surface area contributed by atoms with Gasteiger partial charge in [-0.25, -0.2) is 9.59 Å². The zero-order valence-corrected chi connectivity index (χ0v) is 20.5. The van der Waals surface area contributed by atoms with Crippen LogP contribution < -0.4 is 4.74 Å². The van der Waals surface area contributed by atoms with Gasteiger partial charge < -0.3 is 24.2 Å². The standard InChI is InChI=1S/C26H28N2O8/c1-5-35-25(30)19-14-27(16(3)17-10-8-7-9-11-17)15-20(26(31)36-6-2)23(19)18-12-21(28(32)33)24(29)22(13-18)34-4/h7-16,23,29H,5-6H2,1-4H3. The summed E-state index contributed by atoms with van der Waals surface area (Å²) in [7, 11) is 1.25. The highest BCUT2D eigenvalue weighted by atomic mass is 16.6. The molecule has 36 heavy (non-hydrogen) atoms. The largest absolute Gasteiger partial charge is 0.500 e. The minimum atomic E-state index is -1.07. The van der Waals surface area contributed by atoms with Gasteiger partial charge in [-0.3, -0.25) is 10.1 Å². The molecular formula is C26H28N2O8. The number of hydrogen-bond acceptors (Lipinski definition) is 9. The minimum Gasteiger partial charge on any atom is -0.500 e. The van der Waals surface area contributed by atoms with Crippen LogP contribution in [0, 0.1) is 10.1 Å². The lowest BCUT2D eigenvalue weighted by molar-refractivity contribution is -0.386. The average molecular weight is 497 g/mol. The number of esters is 2. The Bertz CT molecular complexity index is 1170. The molecule has 0 aliphatic carbocycles. The zero-order chi connectivity index (χ0) is 26.4. The Morgan fingerprint density at radius 2 is 1.61 bits per heavy atom. The second kappa shape index (κ2) is 11.4. The topological polar surface area (TPSA) is 128 Å². The molecule has 0 fully saturated rings. The van der Waals surface area contributed by atoms with E-state index in [-0.39, 0.29) is 41.7 Å². The second-order valence-electron chi connectivity index (χ2n) is 7.92. The number of nitrogens with zero attached hydrogens (tertiary/aromatic N) is 2. The second-order valence-corrected chi connectivity index (χ2v) is 7.92. The van der Waals surface area contributed by atoms with E-state index < -0.39 is 34.2 Å². The molecule has 10 nitrogen and oxygen atoms in total. The summed E-state index contributed by atoms with van der Waals surface area (Å²) in [6, 6.07) is 11.7. The summed E-state index contributed by atoms with van der Waals surface area (Å²) in [5.41, 5.74) is 0.633. The van der Waals surface area contributed by atoms with Crippen LogP contribution in [0.1, 0.15) is 43.9 Å². The highest BCUT2D eigenvalue weighted by molar-refractivity contribution is 5.98. The Morgan fingerprint density at radius 1 is 1.06 bits per heavy atom. The lowest BCUT2D eigenvalue weighted by Crippen LogP contribution is -2.30. The van der Waals surface area contributed by atoms with E-state index in [1.165, 1.54) is 13.2 Å². The summed E-state index contributed by atoms with van der Waals surface area (Å²) >= 11 is 0. The van der Waals surface area contributed by atoms with Gasteiger partial charge in [0, 0.05) is 18.5 Å². The first-order valence-corrected chi connectivity index (χ1v) is 11.4.